The lowest BCUT2D eigenvalue weighted by Crippen LogP contribution is -2.14. The van der Waals surface area contributed by atoms with Crippen molar-refractivity contribution < 1.29 is 4.74 Å². The number of benzene rings is 1. The standard InChI is InChI=1S/C12H18O/c1-3-8-11(4-2)13-12-9-6-5-7-10-12/h5-7,9-11H,3-4,8H2,1-2H3. The lowest BCUT2D eigenvalue weighted by molar-refractivity contribution is 0.186. The average Bonchev–Trinajstić information content (AvgIpc) is 2.19. The molecule has 0 bridgehead atoms. The van der Waals surface area contributed by atoms with Crippen LogP contribution in [-0.4, -0.2) is 6.10 Å². The van der Waals surface area contributed by atoms with Gasteiger partial charge in [0.25, 0.3) is 0 Å². The first-order valence-electron chi connectivity index (χ1n) is 5.08. The lowest BCUT2D eigenvalue weighted by atomic mass is 10.1. The largest absolute Gasteiger partial charge is 0.490 e. The second-order valence-electron chi connectivity index (χ2n) is 3.25. The van der Waals surface area contributed by atoms with Crippen LogP contribution >= 0.6 is 0 Å². The van der Waals surface area contributed by atoms with Crippen LogP contribution in [0.25, 0.3) is 0 Å². The maximum Gasteiger partial charge on any atom is 0.119 e. The Morgan fingerprint density at radius 3 is 2.38 bits per heavy atom. The van der Waals surface area contributed by atoms with Gasteiger partial charge in [0.15, 0.2) is 0 Å². The molecular formula is C12H18O. The maximum absolute atomic E-state index is 5.80. The first kappa shape index (κ1) is 10.1. The summed E-state index contributed by atoms with van der Waals surface area (Å²) in [6.45, 7) is 4.36. The number of ether oxygens (including phenoxy) is 1. The Bertz CT molecular complexity index is 218. The van der Waals surface area contributed by atoms with E-state index in [0.717, 1.165) is 18.6 Å². The molecule has 0 spiro atoms. The molecule has 0 heterocycles. The van der Waals surface area contributed by atoms with E-state index in [9.17, 15) is 0 Å². The van der Waals surface area contributed by atoms with Crippen LogP contribution in [0, 0.1) is 0 Å². The van der Waals surface area contributed by atoms with Gasteiger partial charge >= 0.3 is 0 Å². The number of rotatable bonds is 5. The van der Waals surface area contributed by atoms with Gasteiger partial charge in [0.2, 0.25) is 0 Å². The molecule has 0 fully saturated rings. The minimum Gasteiger partial charge on any atom is -0.490 e. The number of hydrogen-bond donors (Lipinski definition) is 0. The Morgan fingerprint density at radius 2 is 1.85 bits per heavy atom. The predicted octanol–water partition coefficient (Wildman–Crippen LogP) is 3.64. The molecule has 1 heteroatoms. The molecule has 0 amide bonds. The van der Waals surface area contributed by atoms with Gasteiger partial charge in [0.1, 0.15) is 5.75 Å². The molecule has 1 atom stereocenters. The molecule has 0 N–H and O–H groups in total. The smallest absolute Gasteiger partial charge is 0.119 e. The van der Waals surface area contributed by atoms with Crippen LogP contribution in [0.5, 0.6) is 5.75 Å². The fourth-order valence-electron chi connectivity index (χ4n) is 1.36. The molecule has 0 aliphatic heterocycles. The summed E-state index contributed by atoms with van der Waals surface area (Å²) >= 11 is 0. The van der Waals surface area contributed by atoms with Crippen molar-refractivity contribution in [1.82, 2.24) is 0 Å². The highest BCUT2D eigenvalue weighted by Gasteiger charge is 2.05. The van der Waals surface area contributed by atoms with Crippen LogP contribution < -0.4 is 4.74 Å². The molecular weight excluding hydrogens is 160 g/mol. The van der Waals surface area contributed by atoms with Crippen molar-refractivity contribution in [3.05, 3.63) is 30.3 Å². The summed E-state index contributed by atoms with van der Waals surface area (Å²) < 4.78 is 5.80. The maximum atomic E-state index is 5.80. The highest BCUT2D eigenvalue weighted by molar-refractivity contribution is 5.21. The van der Waals surface area contributed by atoms with Crippen LogP contribution in [0.2, 0.25) is 0 Å². The van der Waals surface area contributed by atoms with Crippen LogP contribution in [0.4, 0.5) is 0 Å². The molecule has 1 aromatic carbocycles. The van der Waals surface area contributed by atoms with Crippen molar-refractivity contribution in [2.24, 2.45) is 0 Å². The van der Waals surface area contributed by atoms with Gasteiger partial charge in [-0.2, -0.15) is 0 Å². The quantitative estimate of drug-likeness (QED) is 0.668. The first-order chi connectivity index (χ1) is 6.36. The summed E-state index contributed by atoms with van der Waals surface area (Å²) in [5.41, 5.74) is 0. The molecule has 0 aliphatic rings. The van der Waals surface area contributed by atoms with E-state index in [2.05, 4.69) is 13.8 Å². The van der Waals surface area contributed by atoms with E-state index in [-0.39, 0.29) is 0 Å². The Morgan fingerprint density at radius 1 is 1.15 bits per heavy atom. The van der Waals surface area contributed by atoms with Crippen molar-refractivity contribution in [3.63, 3.8) is 0 Å². The number of para-hydroxylation sites is 1. The Kier molecular flexibility index (Phi) is 4.37. The molecule has 13 heavy (non-hydrogen) atoms. The minimum absolute atomic E-state index is 0.382. The van der Waals surface area contributed by atoms with Gasteiger partial charge in [-0.1, -0.05) is 38.5 Å². The molecule has 0 saturated heterocycles. The Labute approximate surface area is 80.7 Å². The summed E-state index contributed by atoms with van der Waals surface area (Å²) in [5.74, 6) is 0.989. The van der Waals surface area contributed by atoms with Crippen LogP contribution in [0.3, 0.4) is 0 Å². The van der Waals surface area contributed by atoms with Crippen molar-refractivity contribution >= 4 is 0 Å². The minimum atomic E-state index is 0.382. The fraction of sp³-hybridized carbons (Fsp3) is 0.500. The van der Waals surface area contributed by atoms with Gasteiger partial charge in [0, 0.05) is 0 Å². The SMILES string of the molecule is CCCC(CC)Oc1ccccc1. The van der Waals surface area contributed by atoms with Gasteiger partial charge < -0.3 is 4.74 Å². The zero-order valence-electron chi connectivity index (χ0n) is 8.49. The van der Waals surface area contributed by atoms with E-state index in [1.54, 1.807) is 0 Å². The van der Waals surface area contributed by atoms with E-state index in [1.165, 1.54) is 6.42 Å². The molecule has 0 aliphatic carbocycles. The van der Waals surface area contributed by atoms with Crippen molar-refractivity contribution in [1.29, 1.82) is 0 Å². The number of hydrogen-bond acceptors (Lipinski definition) is 1. The normalized spacial score (nSPS) is 12.5. The Hall–Kier alpha value is -0.980. The lowest BCUT2D eigenvalue weighted by Gasteiger charge is -2.16. The molecule has 72 valence electrons. The van der Waals surface area contributed by atoms with Crippen molar-refractivity contribution in [2.45, 2.75) is 39.2 Å². The van der Waals surface area contributed by atoms with Crippen LogP contribution in [-0.2, 0) is 0 Å². The average molecular weight is 178 g/mol. The van der Waals surface area contributed by atoms with E-state index < -0.39 is 0 Å². The first-order valence-corrected chi connectivity index (χ1v) is 5.08. The monoisotopic (exact) mass is 178 g/mol. The third kappa shape index (κ3) is 3.49. The topological polar surface area (TPSA) is 9.23 Å². The molecule has 1 aromatic rings. The second-order valence-corrected chi connectivity index (χ2v) is 3.25. The molecule has 1 rings (SSSR count). The van der Waals surface area contributed by atoms with Gasteiger partial charge in [-0.15, -0.1) is 0 Å². The summed E-state index contributed by atoms with van der Waals surface area (Å²) in [6.07, 6.45) is 3.80. The van der Waals surface area contributed by atoms with Crippen LogP contribution in [0.1, 0.15) is 33.1 Å². The highest BCUT2D eigenvalue weighted by Crippen LogP contribution is 2.14. The fourth-order valence-corrected chi connectivity index (χ4v) is 1.36. The molecule has 1 nitrogen and oxygen atoms in total. The summed E-state index contributed by atoms with van der Waals surface area (Å²) in [4.78, 5) is 0. The summed E-state index contributed by atoms with van der Waals surface area (Å²) in [5, 5.41) is 0. The van der Waals surface area contributed by atoms with Crippen molar-refractivity contribution in [3.8, 4) is 5.75 Å². The van der Waals surface area contributed by atoms with E-state index in [0.29, 0.717) is 6.10 Å². The second kappa shape index (κ2) is 5.63. The molecule has 1 unspecified atom stereocenters. The highest BCUT2D eigenvalue weighted by atomic mass is 16.5. The summed E-state index contributed by atoms with van der Waals surface area (Å²) in [6, 6.07) is 10.0. The predicted molar refractivity (Wildman–Crippen MR) is 56.1 cm³/mol. The van der Waals surface area contributed by atoms with Crippen LogP contribution in [0.15, 0.2) is 30.3 Å². The van der Waals surface area contributed by atoms with Gasteiger partial charge in [0.05, 0.1) is 6.10 Å². The van der Waals surface area contributed by atoms with Gasteiger partial charge in [-0.05, 0) is 25.0 Å². The molecule has 0 aromatic heterocycles. The van der Waals surface area contributed by atoms with E-state index in [4.69, 9.17) is 4.74 Å². The van der Waals surface area contributed by atoms with E-state index >= 15 is 0 Å². The third-order valence-electron chi connectivity index (χ3n) is 2.11. The van der Waals surface area contributed by atoms with Gasteiger partial charge in [-0.3, -0.25) is 0 Å². The molecule has 0 saturated carbocycles. The Balaban J connectivity index is 2.46. The summed E-state index contributed by atoms with van der Waals surface area (Å²) in [7, 11) is 0. The zero-order chi connectivity index (χ0) is 9.52. The van der Waals surface area contributed by atoms with Gasteiger partial charge in [-0.25, -0.2) is 0 Å². The third-order valence-corrected chi connectivity index (χ3v) is 2.11. The van der Waals surface area contributed by atoms with Crippen molar-refractivity contribution in [2.75, 3.05) is 0 Å². The zero-order valence-corrected chi connectivity index (χ0v) is 8.49. The molecule has 0 radical (unpaired) electrons. The van der Waals surface area contributed by atoms with E-state index in [1.807, 2.05) is 30.3 Å².